The first kappa shape index (κ1) is 18.5. The van der Waals surface area contributed by atoms with E-state index < -0.39 is 0 Å². The number of hydrogen-bond acceptors (Lipinski definition) is 5. The summed E-state index contributed by atoms with van der Waals surface area (Å²) in [6.45, 7) is 6.22. The van der Waals surface area contributed by atoms with E-state index in [1.807, 2.05) is 17.3 Å². The van der Waals surface area contributed by atoms with Crippen LogP contribution < -0.4 is 0 Å². The first-order valence-electron chi connectivity index (χ1n) is 7.34. The van der Waals surface area contributed by atoms with Crippen molar-refractivity contribution >= 4 is 29.0 Å². The number of amides is 1. The second kappa shape index (κ2) is 9.43. The van der Waals surface area contributed by atoms with Crippen molar-refractivity contribution in [1.82, 2.24) is 14.8 Å². The lowest BCUT2D eigenvalue weighted by Crippen LogP contribution is -2.29. The molecule has 1 amide bonds. The number of carbonyl (C=O) groups excluding carboxylic acids is 1. The van der Waals surface area contributed by atoms with Crippen molar-refractivity contribution in [2.45, 2.75) is 31.0 Å². The Kier molecular flexibility index (Phi) is 8.29. The Morgan fingerprint density at radius 3 is 2.67 bits per heavy atom. The van der Waals surface area contributed by atoms with E-state index >= 15 is 0 Å². The minimum atomic E-state index is 0.158. The van der Waals surface area contributed by atoms with Crippen LogP contribution >= 0.6 is 23.1 Å². The largest absolute Gasteiger partial charge is 0.345 e. The number of thiazole rings is 1. The van der Waals surface area contributed by atoms with Crippen LogP contribution in [-0.4, -0.2) is 60.7 Å². The molecular formula is C15H27N3OS2. The van der Waals surface area contributed by atoms with Crippen LogP contribution in [0.2, 0.25) is 0 Å². The van der Waals surface area contributed by atoms with Gasteiger partial charge in [0.1, 0.15) is 4.34 Å². The van der Waals surface area contributed by atoms with Gasteiger partial charge in [0.2, 0.25) is 5.91 Å². The first-order chi connectivity index (χ1) is 9.88. The van der Waals surface area contributed by atoms with Gasteiger partial charge < -0.3 is 9.80 Å². The Morgan fingerprint density at radius 1 is 1.33 bits per heavy atom. The number of rotatable bonds is 9. The van der Waals surface area contributed by atoms with Crippen LogP contribution in [0.25, 0.3) is 0 Å². The molecule has 1 aromatic heterocycles. The van der Waals surface area contributed by atoms with Gasteiger partial charge in [0, 0.05) is 31.3 Å². The molecule has 120 valence electrons. The summed E-state index contributed by atoms with van der Waals surface area (Å²) in [5, 5.41) is 2.01. The molecule has 1 aromatic rings. The lowest BCUT2D eigenvalue weighted by Gasteiger charge is -2.17. The second-order valence-corrected chi connectivity index (χ2v) is 8.13. The summed E-state index contributed by atoms with van der Waals surface area (Å²) < 4.78 is 1.06. The van der Waals surface area contributed by atoms with Crippen LogP contribution in [0.15, 0.2) is 9.72 Å². The topological polar surface area (TPSA) is 36.4 Å². The Labute approximate surface area is 136 Å². The van der Waals surface area contributed by atoms with Crippen molar-refractivity contribution in [2.75, 3.05) is 40.0 Å². The molecule has 6 heteroatoms. The molecule has 0 aliphatic carbocycles. The van der Waals surface area contributed by atoms with Gasteiger partial charge in [-0.15, -0.1) is 11.3 Å². The average Bonchev–Trinajstić information content (AvgIpc) is 2.82. The van der Waals surface area contributed by atoms with Crippen LogP contribution in [0, 0.1) is 5.92 Å². The maximum absolute atomic E-state index is 12.1. The zero-order valence-corrected chi connectivity index (χ0v) is 15.4. The molecule has 0 unspecified atom stereocenters. The molecule has 0 bridgehead atoms. The first-order valence-corrected chi connectivity index (χ1v) is 9.21. The zero-order valence-electron chi connectivity index (χ0n) is 13.8. The van der Waals surface area contributed by atoms with Gasteiger partial charge in [-0.2, -0.15) is 0 Å². The summed E-state index contributed by atoms with van der Waals surface area (Å²) in [5.74, 6) is 1.81. The Balaban J connectivity index is 2.37. The van der Waals surface area contributed by atoms with Crippen molar-refractivity contribution in [1.29, 1.82) is 0 Å². The lowest BCUT2D eigenvalue weighted by molar-refractivity contribution is -0.129. The second-order valence-electron chi connectivity index (χ2n) is 5.93. The Hall–Kier alpha value is -0.590. The average molecular weight is 330 g/mol. The van der Waals surface area contributed by atoms with E-state index in [9.17, 15) is 4.79 Å². The summed E-state index contributed by atoms with van der Waals surface area (Å²) in [6, 6.07) is 0. The summed E-state index contributed by atoms with van der Waals surface area (Å²) in [4.78, 5) is 20.6. The number of hydrogen-bond donors (Lipinski definition) is 0. The molecule has 0 saturated heterocycles. The van der Waals surface area contributed by atoms with Gasteiger partial charge >= 0.3 is 0 Å². The molecule has 0 aliphatic heterocycles. The third kappa shape index (κ3) is 7.83. The SMILES string of the molecule is CC(C)CCN(C)C(=O)Cc1csc(SCCN(C)C)n1. The summed E-state index contributed by atoms with van der Waals surface area (Å²) >= 11 is 3.40. The fraction of sp³-hybridized carbons (Fsp3) is 0.733. The van der Waals surface area contributed by atoms with Gasteiger partial charge in [-0.25, -0.2) is 4.98 Å². The van der Waals surface area contributed by atoms with Gasteiger partial charge in [0.15, 0.2) is 0 Å². The molecule has 1 rings (SSSR count). The van der Waals surface area contributed by atoms with Gasteiger partial charge in [-0.05, 0) is 26.4 Å². The fourth-order valence-electron chi connectivity index (χ4n) is 1.62. The molecule has 0 aromatic carbocycles. The fourth-order valence-corrected chi connectivity index (χ4v) is 3.64. The highest BCUT2D eigenvalue weighted by molar-refractivity contribution is 8.01. The smallest absolute Gasteiger partial charge is 0.228 e. The van der Waals surface area contributed by atoms with Crippen LogP contribution in [0.1, 0.15) is 26.0 Å². The molecule has 0 atom stereocenters. The zero-order chi connectivity index (χ0) is 15.8. The highest BCUT2D eigenvalue weighted by Gasteiger charge is 2.12. The molecule has 0 spiro atoms. The minimum absolute atomic E-state index is 0.158. The molecule has 0 fully saturated rings. The van der Waals surface area contributed by atoms with Crippen LogP contribution in [0.4, 0.5) is 0 Å². The predicted octanol–water partition coefficient (Wildman–Crippen LogP) is 2.84. The van der Waals surface area contributed by atoms with E-state index in [4.69, 9.17) is 0 Å². The normalized spacial score (nSPS) is 11.4. The standard InChI is InChI=1S/C15H27N3OS2/c1-12(2)6-7-18(5)14(19)10-13-11-21-15(16-13)20-9-8-17(3)4/h11-12H,6-10H2,1-5H3. The molecule has 4 nitrogen and oxygen atoms in total. The lowest BCUT2D eigenvalue weighted by atomic mass is 10.1. The molecule has 0 aliphatic rings. The van der Waals surface area contributed by atoms with E-state index in [2.05, 4.69) is 37.8 Å². The summed E-state index contributed by atoms with van der Waals surface area (Å²) in [7, 11) is 6.02. The van der Waals surface area contributed by atoms with E-state index in [1.54, 1.807) is 23.1 Å². The predicted molar refractivity (Wildman–Crippen MR) is 92.2 cm³/mol. The van der Waals surface area contributed by atoms with Crippen LogP contribution in [-0.2, 0) is 11.2 Å². The summed E-state index contributed by atoms with van der Waals surface area (Å²) in [6.07, 6.45) is 1.46. The van der Waals surface area contributed by atoms with Gasteiger partial charge in [-0.3, -0.25) is 4.79 Å². The van der Waals surface area contributed by atoms with E-state index in [1.165, 1.54) is 0 Å². The maximum Gasteiger partial charge on any atom is 0.228 e. The minimum Gasteiger partial charge on any atom is -0.345 e. The molecule has 0 saturated carbocycles. The monoisotopic (exact) mass is 329 g/mol. The molecular weight excluding hydrogens is 302 g/mol. The summed E-state index contributed by atoms with van der Waals surface area (Å²) in [5.41, 5.74) is 0.897. The molecule has 1 heterocycles. The Bertz CT molecular complexity index is 432. The van der Waals surface area contributed by atoms with Crippen molar-refractivity contribution < 1.29 is 4.79 Å². The molecule has 0 N–H and O–H groups in total. The number of carbonyl (C=O) groups is 1. The molecule has 0 radical (unpaired) electrons. The number of nitrogens with zero attached hydrogens (tertiary/aromatic N) is 3. The van der Waals surface area contributed by atoms with Crippen molar-refractivity contribution in [3.8, 4) is 0 Å². The van der Waals surface area contributed by atoms with Crippen molar-refractivity contribution in [3.63, 3.8) is 0 Å². The third-order valence-corrected chi connectivity index (χ3v) is 5.14. The van der Waals surface area contributed by atoms with Crippen LogP contribution in [0.3, 0.4) is 0 Å². The number of likely N-dealkylation sites (N-methyl/N-ethyl adjacent to an activating group) is 1. The van der Waals surface area contributed by atoms with E-state index in [0.29, 0.717) is 12.3 Å². The van der Waals surface area contributed by atoms with Gasteiger partial charge in [0.25, 0.3) is 0 Å². The highest BCUT2D eigenvalue weighted by Crippen LogP contribution is 2.22. The maximum atomic E-state index is 12.1. The van der Waals surface area contributed by atoms with Crippen molar-refractivity contribution in [3.05, 3.63) is 11.1 Å². The number of thioether (sulfide) groups is 1. The quantitative estimate of drug-likeness (QED) is 0.653. The van der Waals surface area contributed by atoms with E-state index in [-0.39, 0.29) is 5.91 Å². The van der Waals surface area contributed by atoms with Gasteiger partial charge in [0.05, 0.1) is 12.1 Å². The van der Waals surface area contributed by atoms with Gasteiger partial charge in [-0.1, -0.05) is 25.6 Å². The van der Waals surface area contributed by atoms with Crippen molar-refractivity contribution in [2.24, 2.45) is 5.92 Å². The number of aromatic nitrogens is 1. The molecule has 21 heavy (non-hydrogen) atoms. The highest BCUT2D eigenvalue weighted by atomic mass is 32.2. The van der Waals surface area contributed by atoms with Crippen LogP contribution in [0.5, 0.6) is 0 Å². The van der Waals surface area contributed by atoms with E-state index in [0.717, 1.165) is 35.3 Å². The Morgan fingerprint density at radius 2 is 2.05 bits per heavy atom. The third-order valence-electron chi connectivity index (χ3n) is 3.09.